The van der Waals surface area contributed by atoms with Gasteiger partial charge in [-0.15, -0.1) is 0 Å². The van der Waals surface area contributed by atoms with Crippen molar-refractivity contribution < 1.29 is 22.7 Å². The molecule has 2 aromatic heterocycles. The minimum Gasteiger partial charge on any atom is -0.434 e. The first-order valence-corrected chi connectivity index (χ1v) is 12.4. The van der Waals surface area contributed by atoms with E-state index in [1.54, 1.807) is 7.05 Å². The molecule has 1 aromatic carbocycles. The maximum Gasteiger partial charge on any atom is 0.513 e. The second-order valence-electron chi connectivity index (χ2n) is 7.62. The van der Waals surface area contributed by atoms with Gasteiger partial charge in [0.15, 0.2) is 5.75 Å². The van der Waals surface area contributed by atoms with Crippen LogP contribution in [0, 0.1) is 0 Å². The Morgan fingerprint density at radius 1 is 1.12 bits per heavy atom. The molecule has 33 heavy (non-hydrogen) atoms. The first-order chi connectivity index (χ1) is 15.7. The Kier molecular flexibility index (Phi) is 7.77. The lowest BCUT2D eigenvalue weighted by atomic mass is 10.1. The summed E-state index contributed by atoms with van der Waals surface area (Å²) in [6.45, 7) is 8.74. The van der Waals surface area contributed by atoms with Gasteiger partial charge in [0.25, 0.3) is 5.56 Å². The lowest BCUT2D eigenvalue weighted by Gasteiger charge is -2.23. The lowest BCUT2D eigenvalue weighted by molar-refractivity contribution is 0.0997. The molecule has 0 aliphatic heterocycles. The third kappa shape index (κ3) is 5.21. The van der Waals surface area contributed by atoms with Crippen molar-refractivity contribution in [2.45, 2.75) is 32.1 Å². The minimum absolute atomic E-state index is 0.0751. The average molecular weight is 479 g/mol. The lowest BCUT2D eigenvalue weighted by Crippen LogP contribution is -2.36. The van der Waals surface area contributed by atoms with Gasteiger partial charge in [-0.05, 0) is 37.7 Å². The Morgan fingerprint density at radius 2 is 1.85 bits per heavy atom. The van der Waals surface area contributed by atoms with Gasteiger partial charge < -0.3 is 24.3 Å². The van der Waals surface area contributed by atoms with Gasteiger partial charge in [-0.3, -0.25) is 4.79 Å². The zero-order valence-corrected chi connectivity index (χ0v) is 20.1. The normalized spacial score (nSPS) is 12.2. The molecule has 0 unspecified atom stereocenters. The minimum atomic E-state index is -3.78. The van der Waals surface area contributed by atoms with E-state index in [2.05, 4.69) is 14.9 Å². The molecule has 3 aromatic rings. The van der Waals surface area contributed by atoms with Crippen LogP contribution >= 0.6 is 0 Å². The van der Waals surface area contributed by atoms with Gasteiger partial charge in [0, 0.05) is 37.2 Å². The number of H-pyrrole nitrogens is 2. The summed E-state index contributed by atoms with van der Waals surface area (Å²) in [5.74, 6) is 0.0895. The molecule has 0 aliphatic rings. The van der Waals surface area contributed by atoms with E-state index in [4.69, 9.17) is 9.47 Å². The van der Waals surface area contributed by atoms with Crippen molar-refractivity contribution in [2.24, 2.45) is 0 Å². The number of sulfonamides is 1. The summed E-state index contributed by atoms with van der Waals surface area (Å²) in [5.41, 5.74) is 0.176. The number of aromatic amines is 2. The first-order valence-electron chi connectivity index (χ1n) is 10.9. The van der Waals surface area contributed by atoms with Crippen molar-refractivity contribution in [1.82, 2.24) is 19.2 Å². The molecule has 0 saturated heterocycles. The van der Waals surface area contributed by atoms with Gasteiger partial charge in [0.2, 0.25) is 10.0 Å². The molecule has 11 heteroatoms. The summed E-state index contributed by atoms with van der Waals surface area (Å²) >= 11 is 0. The molecule has 0 atom stereocenters. The van der Waals surface area contributed by atoms with Crippen molar-refractivity contribution >= 4 is 38.0 Å². The molecule has 180 valence electrons. The van der Waals surface area contributed by atoms with Crippen LogP contribution in [0.25, 0.3) is 21.8 Å². The molecular weight excluding hydrogens is 448 g/mol. The van der Waals surface area contributed by atoms with Crippen LogP contribution in [0.2, 0.25) is 0 Å². The number of fused-ring (bicyclic) bond motifs is 3. The second kappa shape index (κ2) is 10.4. The van der Waals surface area contributed by atoms with Crippen LogP contribution in [0.15, 0.2) is 34.1 Å². The number of carbonyl (C=O) groups excluding carboxylic acids is 1. The Balaban J connectivity index is 2.03. The van der Waals surface area contributed by atoms with E-state index in [0.29, 0.717) is 35.8 Å². The molecule has 0 fully saturated rings. The van der Waals surface area contributed by atoms with Crippen LogP contribution in [0.1, 0.15) is 27.2 Å². The Hall–Kier alpha value is -2.89. The number of nitrogens with one attached hydrogen (secondary N) is 2. The van der Waals surface area contributed by atoms with Crippen molar-refractivity contribution in [3.05, 3.63) is 34.7 Å². The monoisotopic (exact) mass is 478 g/mol. The molecular formula is C22H30N4O6S. The first kappa shape index (κ1) is 24.7. The molecule has 10 nitrogen and oxygen atoms in total. The third-order valence-electron chi connectivity index (χ3n) is 5.53. The Labute approximate surface area is 192 Å². The zero-order valence-electron chi connectivity index (χ0n) is 19.3. The molecule has 2 heterocycles. The summed E-state index contributed by atoms with van der Waals surface area (Å²) in [6, 6.07) is 4.47. The number of aromatic nitrogens is 2. The molecule has 0 saturated carbocycles. The number of ether oxygens (including phenoxy) is 2. The Bertz CT molecular complexity index is 1290. The molecule has 0 bridgehead atoms. The number of rotatable bonds is 10. The van der Waals surface area contributed by atoms with Crippen LogP contribution in [-0.2, 0) is 14.8 Å². The Morgan fingerprint density at radius 3 is 2.52 bits per heavy atom. The molecule has 0 aliphatic carbocycles. The predicted octanol–water partition coefficient (Wildman–Crippen LogP) is 2.90. The van der Waals surface area contributed by atoms with E-state index in [-0.39, 0.29) is 22.8 Å². The van der Waals surface area contributed by atoms with E-state index in [1.165, 1.54) is 28.7 Å². The maximum absolute atomic E-state index is 13.2. The quantitative estimate of drug-likeness (QED) is 0.429. The van der Waals surface area contributed by atoms with Gasteiger partial charge in [-0.2, -0.15) is 4.31 Å². The summed E-state index contributed by atoms with van der Waals surface area (Å²) in [4.78, 5) is 32.2. The van der Waals surface area contributed by atoms with E-state index < -0.39 is 21.7 Å². The van der Waals surface area contributed by atoms with E-state index in [9.17, 15) is 18.0 Å². The largest absolute Gasteiger partial charge is 0.513 e. The van der Waals surface area contributed by atoms with E-state index in [1.807, 2.05) is 20.8 Å². The molecule has 0 radical (unpaired) electrons. The highest BCUT2D eigenvalue weighted by Crippen LogP contribution is 2.32. The third-order valence-corrected chi connectivity index (χ3v) is 7.38. The molecule has 0 amide bonds. The van der Waals surface area contributed by atoms with Gasteiger partial charge >= 0.3 is 6.16 Å². The fraction of sp³-hybridized carbons (Fsp3) is 0.455. The average Bonchev–Trinajstić information content (AvgIpc) is 3.22. The number of likely N-dealkylation sites (N-methyl/N-ethyl adjacent to an activating group) is 2. The SMILES string of the molecule is CCCOC(=O)Oc1c[nH]c2c(=O)[nH]c3ccc(S(=O)(=O)N(C)CCN(CC)CC)cc3c12. The van der Waals surface area contributed by atoms with Crippen LogP contribution in [0.4, 0.5) is 4.79 Å². The fourth-order valence-electron chi connectivity index (χ4n) is 3.54. The van der Waals surface area contributed by atoms with Crippen molar-refractivity contribution in [3.8, 4) is 5.75 Å². The second-order valence-corrected chi connectivity index (χ2v) is 9.66. The summed E-state index contributed by atoms with van der Waals surface area (Å²) in [7, 11) is -2.24. The highest BCUT2D eigenvalue weighted by Gasteiger charge is 2.23. The summed E-state index contributed by atoms with van der Waals surface area (Å²) < 4.78 is 38.0. The zero-order chi connectivity index (χ0) is 24.2. The maximum atomic E-state index is 13.2. The topological polar surface area (TPSA) is 125 Å². The summed E-state index contributed by atoms with van der Waals surface area (Å²) in [5, 5.41) is 0.743. The number of benzene rings is 1. The number of pyridine rings is 1. The molecule has 0 spiro atoms. The number of hydrogen-bond donors (Lipinski definition) is 2. The predicted molar refractivity (Wildman–Crippen MR) is 126 cm³/mol. The summed E-state index contributed by atoms with van der Waals surface area (Å²) in [6.07, 6.45) is 1.12. The van der Waals surface area contributed by atoms with Crippen LogP contribution in [0.5, 0.6) is 5.75 Å². The van der Waals surface area contributed by atoms with E-state index >= 15 is 0 Å². The number of carbonyl (C=O) groups is 1. The van der Waals surface area contributed by atoms with Crippen LogP contribution < -0.4 is 10.3 Å². The highest BCUT2D eigenvalue weighted by atomic mass is 32.2. The van der Waals surface area contributed by atoms with Gasteiger partial charge in [0.1, 0.15) is 5.52 Å². The number of nitrogens with zero attached hydrogens (tertiary/aromatic N) is 2. The van der Waals surface area contributed by atoms with Gasteiger partial charge in [0.05, 0.1) is 16.9 Å². The van der Waals surface area contributed by atoms with Gasteiger partial charge in [-0.1, -0.05) is 20.8 Å². The molecule has 3 rings (SSSR count). The van der Waals surface area contributed by atoms with E-state index in [0.717, 1.165) is 13.1 Å². The van der Waals surface area contributed by atoms with Crippen LogP contribution in [-0.4, -0.2) is 73.6 Å². The smallest absolute Gasteiger partial charge is 0.434 e. The van der Waals surface area contributed by atoms with Gasteiger partial charge in [-0.25, -0.2) is 13.2 Å². The standard InChI is InChI=1S/C22H30N4O6S/c1-5-12-31-22(28)32-18-14-23-20-19(18)16-13-15(8-9-17(16)24-21(20)27)33(29,30)25(4)10-11-26(6-2)7-3/h8-9,13-14,23H,5-7,10-12H2,1-4H3,(H,24,27). The molecule has 2 N–H and O–H groups in total. The van der Waals surface area contributed by atoms with Crippen molar-refractivity contribution in [2.75, 3.05) is 39.8 Å². The highest BCUT2D eigenvalue weighted by molar-refractivity contribution is 7.89. The fourth-order valence-corrected chi connectivity index (χ4v) is 4.73. The van der Waals surface area contributed by atoms with Crippen molar-refractivity contribution in [3.63, 3.8) is 0 Å². The van der Waals surface area contributed by atoms with Crippen molar-refractivity contribution in [1.29, 1.82) is 0 Å². The van der Waals surface area contributed by atoms with Crippen LogP contribution in [0.3, 0.4) is 0 Å². The number of hydrogen-bond acceptors (Lipinski definition) is 7.